The summed E-state index contributed by atoms with van der Waals surface area (Å²) in [7, 11) is 0. The van der Waals surface area contributed by atoms with Crippen molar-refractivity contribution in [3.63, 3.8) is 0 Å². The Labute approximate surface area is 71.4 Å². The van der Waals surface area contributed by atoms with Gasteiger partial charge in [0.2, 0.25) is 0 Å². The highest BCUT2D eigenvalue weighted by atomic mass is 14.7. The topological polar surface area (TPSA) is 41.8 Å². The predicted molar refractivity (Wildman–Crippen MR) is 52.2 cm³/mol. The summed E-state index contributed by atoms with van der Waals surface area (Å²) in [6, 6.07) is 4.25. The fraction of sp³-hybridized carbons (Fsp3) is 0.200. The van der Waals surface area contributed by atoms with Gasteiger partial charge in [0, 0.05) is 17.1 Å². The van der Waals surface area contributed by atoms with Crippen LogP contribution in [-0.2, 0) is 0 Å². The number of nitrogens with one attached hydrogen (secondary N) is 1. The number of H-pyrrole nitrogens is 1. The summed E-state index contributed by atoms with van der Waals surface area (Å²) >= 11 is 0. The number of aromatic nitrogens is 1. The molecule has 0 saturated carbocycles. The lowest BCUT2D eigenvalue weighted by molar-refractivity contribution is 1.35. The number of rotatable bonds is 0. The maximum absolute atomic E-state index is 5.76. The molecule has 0 spiro atoms. The average molecular weight is 160 g/mol. The average Bonchev–Trinajstić information content (AvgIpc) is 2.35. The lowest BCUT2D eigenvalue weighted by atomic mass is 10.1. The summed E-state index contributed by atoms with van der Waals surface area (Å²) in [4.78, 5) is 3.13. The number of hydrogen-bond acceptors (Lipinski definition) is 1. The molecule has 1 aromatic carbocycles. The van der Waals surface area contributed by atoms with E-state index in [0.717, 1.165) is 16.6 Å². The molecule has 1 aromatic heterocycles. The van der Waals surface area contributed by atoms with Crippen molar-refractivity contribution < 1.29 is 0 Å². The molecule has 62 valence electrons. The minimum absolute atomic E-state index is 0.827. The predicted octanol–water partition coefficient (Wildman–Crippen LogP) is 2.37. The lowest BCUT2D eigenvalue weighted by Gasteiger charge is -1.99. The van der Waals surface area contributed by atoms with Crippen LogP contribution in [0.1, 0.15) is 11.1 Å². The van der Waals surface area contributed by atoms with Gasteiger partial charge in [-0.05, 0) is 37.1 Å². The molecule has 2 heteroatoms. The maximum Gasteiger partial charge on any atom is 0.0571 e. The molecular formula is C10H12N2. The van der Waals surface area contributed by atoms with Crippen molar-refractivity contribution in [2.75, 3.05) is 5.73 Å². The summed E-state index contributed by atoms with van der Waals surface area (Å²) in [5.41, 5.74) is 10.3. The fourth-order valence-corrected chi connectivity index (χ4v) is 1.41. The van der Waals surface area contributed by atoms with Crippen LogP contribution >= 0.6 is 0 Å². The van der Waals surface area contributed by atoms with Crippen LogP contribution in [0.15, 0.2) is 18.3 Å². The van der Waals surface area contributed by atoms with Gasteiger partial charge in [-0.1, -0.05) is 0 Å². The number of fused-ring (bicyclic) bond motifs is 1. The number of aromatic amines is 1. The normalized spacial score (nSPS) is 10.8. The highest BCUT2D eigenvalue weighted by Crippen LogP contribution is 2.23. The summed E-state index contributed by atoms with van der Waals surface area (Å²) in [6.45, 7) is 4.20. The van der Waals surface area contributed by atoms with Crippen LogP contribution in [0.25, 0.3) is 10.9 Å². The monoisotopic (exact) mass is 160 g/mol. The van der Waals surface area contributed by atoms with Crippen molar-refractivity contribution in [2.24, 2.45) is 0 Å². The van der Waals surface area contributed by atoms with Crippen LogP contribution in [0.3, 0.4) is 0 Å². The molecule has 0 aliphatic rings. The fourth-order valence-electron chi connectivity index (χ4n) is 1.41. The molecule has 0 amide bonds. The molecule has 0 radical (unpaired) electrons. The van der Waals surface area contributed by atoms with Crippen LogP contribution in [0.2, 0.25) is 0 Å². The zero-order valence-corrected chi connectivity index (χ0v) is 7.31. The van der Waals surface area contributed by atoms with E-state index in [1.54, 1.807) is 0 Å². The molecular weight excluding hydrogens is 148 g/mol. The summed E-state index contributed by atoms with van der Waals surface area (Å²) in [5.74, 6) is 0. The van der Waals surface area contributed by atoms with Gasteiger partial charge in [-0.25, -0.2) is 0 Å². The van der Waals surface area contributed by atoms with Gasteiger partial charge in [-0.2, -0.15) is 0 Å². The first-order chi connectivity index (χ1) is 5.68. The highest BCUT2D eigenvalue weighted by molar-refractivity contribution is 5.92. The Morgan fingerprint density at radius 1 is 1.17 bits per heavy atom. The van der Waals surface area contributed by atoms with Crippen LogP contribution in [-0.4, -0.2) is 4.98 Å². The minimum atomic E-state index is 0.827. The van der Waals surface area contributed by atoms with E-state index in [1.165, 1.54) is 11.1 Å². The summed E-state index contributed by atoms with van der Waals surface area (Å²) < 4.78 is 0. The largest absolute Gasteiger partial charge is 0.397 e. The van der Waals surface area contributed by atoms with E-state index < -0.39 is 0 Å². The SMILES string of the molecule is Cc1cc2[nH]cc(N)c2cc1C. The van der Waals surface area contributed by atoms with Gasteiger partial charge in [0.05, 0.1) is 5.69 Å². The number of benzene rings is 1. The quantitative estimate of drug-likeness (QED) is 0.610. The molecule has 0 saturated heterocycles. The third-order valence-electron chi connectivity index (χ3n) is 2.33. The van der Waals surface area contributed by atoms with Crippen LogP contribution in [0, 0.1) is 13.8 Å². The van der Waals surface area contributed by atoms with Crippen molar-refractivity contribution in [3.8, 4) is 0 Å². The Hall–Kier alpha value is -1.44. The summed E-state index contributed by atoms with van der Waals surface area (Å²) in [5, 5.41) is 1.12. The van der Waals surface area contributed by atoms with Gasteiger partial charge < -0.3 is 10.7 Å². The zero-order valence-electron chi connectivity index (χ0n) is 7.31. The van der Waals surface area contributed by atoms with E-state index in [-0.39, 0.29) is 0 Å². The summed E-state index contributed by atoms with van der Waals surface area (Å²) in [6.07, 6.45) is 1.84. The van der Waals surface area contributed by atoms with Crippen molar-refractivity contribution in [3.05, 3.63) is 29.5 Å². The van der Waals surface area contributed by atoms with Gasteiger partial charge in [0.25, 0.3) is 0 Å². The van der Waals surface area contributed by atoms with Gasteiger partial charge in [-0.3, -0.25) is 0 Å². The van der Waals surface area contributed by atoms with Crippen LogP contribution in [0.5, 0.6) is 0 Å². The molecule has 0 bridgehead atoms. The molecule has 1 heterocycles. The molecule has 0 aliphatic carbocycles. The molecule has 0 fully saturated rings. The van der Waals surface area contributed by atoms with Gasteiger partial charge in [0.1, 0.15) is 0 Å². The van der Waals surface area contributed by atoms with E-state index in [2.05, 4.69) is 31.0 Å². The van der Waals surface area contributed by atoms with Crippen molar-refractivity contribution in [1.82, 2.24) is 4.98 Å². The molecule has 2 rings (SSSR count). The van der Waals surface area contributed by atoms with E-state index >= 15 is 0 Å². The lowest BCUT2D eigenvalue weighted by Crippen LogP contribution is -1.83. The second-order valence-electron chi connectivity index (χ2n) is 3.23. The first-order valence-electron chi connectivity index (χ1n) is 4.02. The second-order valence-corrected chi connectivity index (χ2v) is 3.23. The van der Waals surface area contributed by atoms with E-state index in [1.807, 2.05) is 6.20 Å². The Kier molecular flexibility index (Phi) is 1.37. The van der Waals surface area contributed by atoms with Crippen LogP contribution in [0.4, 0.5) is 5.69 Å². The Morgan fingerprint density at radius 2 is 1.83 bits per heavy atom. The maximum atomic E-state index is 5.76. The highest BCUT2D eigenvalue weighted by Gasteiger charge is 2.01. The van der Waals surface area contributed by atoms with Gasteiger partial charge in [-0.15, -0.1) is 0 Å². The molecule has 2 nitrogen and oxygen atoms in total. The Bertz CT molecular complexity index is 427. The first kappa shape index (κ1) is 7.22. The third-order valence-corrected chi connectivity index (χ3v) is 2.33. The third kappa shape index (κ3) is 0.881. The first-order valence-corrected chi connectivity index (χ1v) is 4.02. The van der Waals surface area contributed by atoms with Crippen molar-refractivity contribution >= 4 is 16.6 Å². The number of aryl methyl sites for hydroxylation is 2. The Balaban J connectivity index is 2.87. The molecule has 3 N–H and O–H groups in total. The zero-order chi connectivity index (χ0) is 8.72. The second kappa shape index (κ2) is 2.27. The molecule has 12 heavy (non-hydrogen) atoms. The number of hydrogen-bond donors (Lipinski definition) is 2. The van der Waals surface area contributed by atoms with Crippen molar-refractivity contribution in [2.45, 2.75) is 13.8 Å². The smallest absolute Gasteiger partial charge is 0.0571 e. The van der Waals surface area contributed by atoms with Gasteiger partial charge in [0.15, 0.2) is 0 Å². The van der Waals surface area contributed by atoms with E-state index in [0.29, 0.717) is 0 Å². The van der Waals surface area contributed by atoms with Gasteiger partial charge >= 0.3 is 0 Å². The van der Waals surface area contributed by atoms with Crippen molar-refractivity contribution in [1.29, 1.82) is 0 Å². The van der Waals surface area contributed by atoms with E-state index in [4.69, 9.17) is 5.73 Å². The standard InChI is InChI=1S/C10H12N2/c1-6-3-8-9(11)5-12-10(8)4-7(6)2/h3-5,12H,11H2,1-2H3. The number of nitrogens with two attached hydrogens (primary N) is 1. The number of anilines is 1. The van der Waals surface area contributed by atoms with Crippen LogP contribution < -0.4 is 5.73 Å². The Morgan fingerprint density at radius 3 is 2.58 bits per heavy atom. The van der Waals surface area contributed by atoms with E-state index in [9.17, 15) is 0 Å². The molecule has 0 atom stereocenters. The minimum Gasteiger partial charge on any atom is -0.397 e. The molecule has 2 aromatic rings. The number of nitrogen functional groups attached to an aromatic ring is 1. The molecule has 0 unspecified atom stereocenters. The molecule has 0 aliphatic heterocycles.